The minimum Gasteiger partial charge on any atom is -0.493 e. The van der Waals surface area contributed by atoms with Gasteiger partial charge in [0.25, 0.3) is 11.5 Å². The summed E-state index contributed by atoms with van der Waals surface area (Å²) in [4.78, 5) is 31.6. The highest BCUT2D eigenvalue weighted by molar-refractivity contribution is 9.10. The normalized spacial score (nSPS) is 10.6. The van der Waals surface area contributed by atoms with Gasteiger partial charge in [-0.15, -0.1) is 0 Å². The molecule has 0 aliphatic heterocycles. The van der Waals surface area contributed by atoms with Crippen LogP contribution < -0.4 is 25.8 Å². The number of carbonyl (C=O) groups excluding carboxylic acids is 1. The van der Waals surface area contributed by atoms with Crippen LogP contribution in [0.15, 0.2) is 81.1 Å². The quantitative estimate of drug-likeness (QED) is 0.188. The summed E-state index contributed by atoms with van der Waals surface area (Å²) in [5.41, 5.74) is 5.28. The summed E-state index contributed by atoms with van der Waals surface area (Å²) >= 11 is 3.45. The number of nitrogens with zero attached hydrogens (tertiary/aromatic N) is 3. The molecule has 10 nitrogen and oxygen atoms in total. The van der Waals surface area contributed by atoms with E-state index < -0.39 is 5.56 Å². The molecule has 196 valence electrons. The summed E-state index contributed by atoms with van der Waals surface area (Å²) in [5, 5.41) is 16.3. The molecule has 0 saturated carbocycles. The number of carbonyl (C=O) groups is 1. The van der Waals surface area contributed by atoms with Crippen LogP contribution in [0.5, 0.6) is 11.5 Å². The number of nitrogens with one attached hydrogen (secondary N) is 3. The van der Waals surface area contributed by atoms with Gasteiger partial charge in [-0.2, -0.15) is 10.4 Å². The van der Waals surface area contributed by atoms with Gasteiger partial charge in [0.2, 0.25) is 5.95 Å². The molecule has 0 bridgehead atoms. The number of aromatic nitrogens is 2. The minimum atomic E-state index is -0.582. The summed E-state index contributed by atoms with van der Waals surface area (Å²) < 4.78 is 11.7. The number of H-pyrrole nitrogens is 1. The van der Waals surface area contributed by atoms with E-state index in [4.69, 9.17) is 9.47 Å². The second-order valence-electron chi connectivity index (χ2n) is 8.22. The van der Waals surface area contributed by atoms with Crippen molar-refractivity contribution < 1.29 is 14.3 Å². The van der Waals surface area contributed by atoms with Crippen molar-refractivity contribution in [1.82, 2.24) is 9.97 Å². The molecule has 0 unspecified atom stereocenters. The molecular weight excluding hydrogens is 564 g/mol. The van der Waals surface area contributed by atoms with Crippen LogP contribution in [0, 0.1) is 18.3 Å². The van der Waals surface area contributed by atoms with Crippen LogP contribution in [-0.2, 0) is 4.79 Å². The Morgan fingerprint density at radius 1 is 1.18 bits per heavy atom. The number of methoxy groups -OCH3 is 1. The van der Waals surface area contributed by atoms with Crippen LogP contribution in [0.1, 0.15) is 16.7 Å². The zero-order valence-electron chi connectivity index (χ0n) is 21.0. The maximum Gasteiger partial charge on any atom is 0.270 e. The minimum absolute atomic E-state index is 0.0691. The first-order valence-corrected chi connectivity index (χ1v) is 12.4. The van der Waals surface area contributed by atoms with Gasteiger partial charge in [0.1, 0.15) is 11.6 Å². The Hall–Kier alpha value is -4.95. The molecule has 0 atom stereocenters. The number of hydrogen-bond acceptors (Lipinski definition) is 8. The van der Waals surface area contributed by atoms with Gasteiger partial charge in [-0.25, -0.2) is 10.4 Å². The number of aromatic amines is 1. The van der Waals surface area contributed by atoms with Crippen LogP contribution in [-0.4, -0.2) is 35.8 Å². The molecule has 0 saturated heterocycles. The first-order valence-electron chi connectivity index (χ1n) is 11.6. The Bertz CT molecular complexity index is 1610. The van der Waals surface area contributed by atoms with Gasteiger partial charge < -0.3 is 14.8 Å². The van der Waals surface area contributed by atoms with Gasteiger partial charge in [0, 0.05) is 11.3 Å². The first-order chi connectivity index (χ1) is 18.9. The van der Waals surface area contributed by atoms with Crippen molar-refractivity contribution in [2.45, 2.75) is 6.92 Å². The lowest BCUT2D eigenvalue weighted by Crippen LogP contribution is -2.20. The lowest BCUT2D eigenvalue weighted by molar-refractivity contribution is -0.118. The zero-order chi connectivity index (χ0) is 27.8. The monoisotopic (exact) mass is 586 g/mol. The van der Waals surface area contributed by atoms with E-state index in [0.29, 0.717) is 32.8 Å². The number of ether oxygens (including phenoxy) is 2. The van der Waals surface area contributed by atoms with E-state index in [1.54, 1.807) is 36.4 Å². The SMILES string of the molecule is COc1cc(C=NNc2nc(-c3ccccc3)c(C#N)c(=O)[nH]2)cc(Br)c1OCC(=O)Nc1ccc(C)cc1. The largest absolute Gasteiger partial charge is 0.493 e. The maximum atomic E-state index is 12.4. The van der Waals surface area contributed by atoms with E-state index in [1.807, 2.05) is 43.3 Å². The molecule has 0 aliphatic carbocycles. The average Bonchev–Trinajstić information content (AvgIpc) is 2.93. The van der Waals surface area contributed by atoms with Crippen molar-refractivity contribution >= 4 is 39.7 Å². The molecule has 0 spiro atoms. The van der Waals surface area contributed by atoms with Crippen molar-refractivity contribution in [3.05, 3.63) is 98.2 Å². The summed E-state index contributed by atoms with van der Waals surface area (Å²) in [5.74, 6) is 0.485. The predicted molar refractivity (Wildman–Crippen MR) is 152 cm³/mol. The molecule has 4 aromatic rings. The number of hydrogen-bond donors (Lipinski definition) is 3. The molecule has 39 heavy (non-hydrogen) atoms. The predicted octanol–water partition coefficient (Wildman–Crippen LogP) is 4.85. The molecule has 1 aromatic heterocycles. The van der Waals surface area contributed by atoms with Crippen molar-refractivity contribution in [1.29, 1.82) is 5.26 Å². The van der Waals surface area contributed by atoms with E-state index in [0.717, 1.165) is 5.56 Å². The summed E-state index contributed by atoms with van der Waals surface area (Å²) in [6, 6.07) is 21.7. The number of anilines is 2. The van der Waals surface area contributed by atoms with Gasteiger partial charge in [-0.3, -0.25) is 14.6 Å². The number of aryl methyl sites for hydroxylation is 1. The Morgan fingerprint density at radius 2 is 1.92 bits per heavy atom. The zero-order valence-corrected chi connectivity index (χ0v) is 22.6. The van der Waals surface area contributed by atoms with E-state index in [2.05, 4.69) is 41.7 Å². The third-order valence-corrected chi connectivity index (χ3v) is 5.99. The lowest BCUT2D eigenvalue weighted by Gasteiger charge is -2.13. The Kier molecular flexibility index (Phi) is 8.71. The number of benzene rings is 3. The van der Waals surface area contributed by atoms with E-state index in [9.17, 15) is 14.9 Å². The molecule has 3 aromatic carbocycles. The molecule has 11 heteroatoms. The highest BCUT2D eigenvalue weighted by atomic mass is 79.9. The van der Waals surface area contributed by atoms with Crippen LogP contribution in [0.25, 0.3) is 11.3 Å². The molecule has 0 radical (unpaired) electrons. The fourth-order valence-electron chi connectivity index (χ4n) is 3.53. The van der Waals surface area contributed by atoms with Crippen molar-refractivity contribution in [2.24, 2.45) is 5.10 Å². The number of rotatable bonds is 9. The molecule has 4 rings (SSSR count). The number of nitriles is 1. The van der Waals surface area contributed by atoms with E-state index in [-0.39, 0.29) is 29.7 Å². The molecule has 0 aliphatic rings. The first kappa shape index (κ1) is 27.1. The number of amides is 1. The average molecular weight is 587 g/mol. The van der Waals surface area contributed by atoms with Crippen LogP contribution in [0.2, 0.25) is 0 Å². The van der Waals surface area contributed by atoms with Crippen LogP contribution in [0.3, 0.4) is 0 Å². The second kappa shape index (κ2) is 12.5. The Labute approximate surface area is 232 Å². The number of hydrazone groups is 1. The van der Waals surface area contributed by atoms with Gasteiger partial charge in [0.15, 0.2) is 18.1 Å². The van der Waals surface area contributed by atoms with E-state index >= 15 is 0 Å². The standard InChI is InChI=1S/C28H23BrN6O4/c1-17-8-10-20(11-9-17)32-24(36)16-39-26-22(29)12-18(13-23(26)38-2)15-31-35-28-33-25(19-6-4-3-5-7-19)21(14-30)27(37)34-28/h3-13,15H,16H2,1-2H3,(H,32,36)(H2,33,34,35,37). The third kappa shape index (κ3) is 6.88. The molecule has 3 N–H and O–H groups in total. The van der Waals surface area contributed by atoms with Gasteiger partial charge in [0.05, 0.1) is 23.5 Å². The Morgan fingerprint density at radius 3 is 2.62 bits per heavy atom. The van der Waals surface area contributed by atoms with E-state index in [1.165, 1.54) is 13.3 Å². The maximum absolute atomic E-state index is 12.4. The molecule has 1 heterocycles. The van der Waals surface area contributed by atoms with Gasteiger partial charge in [-0.05, 0) is 52.7 Å². The summed E-state index contributed by atoms with van der Waals surface area (Å²) in [6.07, 6.45) is 1.49. The van der Waals surface area contributed by atoms with Crippen LogP contribution >= 0.6 is 15.9 Å². The van der Waals surface area contributed by atoms with Crippen molar-refractivity contribution in [2.75, 3.05) is 24.5 Å². The molecule has 1 amide bonds. The highest BCUT2D eigenvalue weighted by Gasteiger charge is 2.15. The fraction of sp³-hybridized carbons (Fsp3) is 0.107. The topological polar surface area (TPSA) is 141 Å². The van der Waals surface area contributed by atoms with Gasteiger partial charge in [-0.1, -0.05) is 48.0 Å². The number of halogens is 1. The van der Waals surface area contributed by atoms with Crippen molar-refractivity contribution in [3.8, 4) is 28.8 Å². The van der Waals surface area contributed by atoms with Crippen molar-refractivity contribution in [3.63, 3.8) is 0 Å². The third-order valence-electron chi connectivity index (χ3n) is 5.40. The highest BCUT2D eigenvalue weighted by Crippen LogP contribution is 2.36. The summed E-state index contributed by atoms with van der Waals surface area (Å²) in [7, 11) is 1.48. The Balaban J connectivity index is 1.46. The smallest absolute Gasteiger partial charge is 0.270 e. The summed E-state index contributed by atoms with van der Waals surface area (Å²) in [6.45, 7) is 1.74. The molecular formula is C28H23BrN6O4. The van der Waals surface area contributed by atoms with Gasteiger partial charge >= 0.3 is 0 Å². The lowest BCUT2D eigenvalue weighted by atomic mass is 10.1. The van der Waals surface area contributed by atoms with Crippen LogP contribution in [0.4, 0.5) is 11.6 Å². The fourth-order valence-corrected chi connectivity index (χ4v) is 4.10. The second-order valence-corrected chi connectivity index (χ2v) is 9.08. The molecule has 0 fully saturated rings.